The second-order valence-corrected chi connectivity index (χ2v) is 5.25. The molecule has 1 aromatic carbocycles. The van der Waals surface area contributed by atoms with Crippen LogP contribution in [0.3, 0.4) is 0 Å². The zero-order valence-electron chi connectivity index (χ0n) is 12.5. The maximum absolute atomic E-state index is 13.2. The molecule has 0 spiro atoms. The number of nitrogens with one attached hydrogen (secondary N) is 1. The van der Waals surface area contributed by atoms with E-state index in [1.807, 2.05) is 25.3 Å². The van der Waals surface area contributed by atoms with Gasteiger partial charge in [-0.05, 0) is 36.4 Å². The van der Waals surface area contributed by atoms with Crippen molar-refractivity contribution in [2.45, 2.75) is 13.3 Å². The van der Waals surface area contributed by atoms with Crippen molar-refractivity contribution in [1.29, 1.82) is 0 Å². The van der Waals surface area contributed by atoms with Crippen LogP contribution < -0.4 is 0 Å². The second kappa shape index (κ2) is 5.31. The lowest BCUT2D eigenvalue weighted by molar-refractivity contribution is 0.628. The number of aryl methyl sites for hydroxylation is 1. The lowest BCUT2D eigenvalue weighted by Gasteiger charge is -2.04. The highest BCUT2D eigenvalue weighted by molar-refractivity contribution is 5.78. The molecule has 3 aromatic heterocycles. The minimum atomic E-state index is -0.259. The van der Waals surface area contributed by atoms with Crippen molar-refractivity contribution in [2.24, 2.45) is 0 Å². The van der Waals surface area contributed by atoms with Crippen LogP contribution in [-0.2, 0) is 6.42 Å². The van der Waals surface area contributed by atoms with E-state index in [0.29, 0.717) is 0 Å². The Morgan fingerprint density at radius 2 is 1.87 bits per heavy atom. The summed E-state index contributed by atoms with van der Waals surface area (Å²) in [6, 6.07) is 10.2. The Balaban J connectivity index is 1.89. The van der Waals surface area contributed by atoms with E-state index in [0.717, 1.165) is 40.4 Å². The maximum atomic E-state index is 13.2. The number of halogens is 1. The first kappa shape index (κ1) is 13.6. The van der Waals surface area contributed by atoms with Crippen molar-refractivity contribution < 1.29 is 4.39 Å². The summed E-state index contributed by atoms with van der Waals surface area (Å²) in [5.41, 5.74) is 4.31. The first-order valence-corrected chi connectivity index (χ1v) is 7.39. The van der Waals surface area contributed by atoms with Gasteiger partial charge < -0.3 is 4.98 Å². The number of nitrogens with zero attached hydrogens (tertiary/aromatic N) is 4. The summed E-state index contributed by atoms with van der Waals surface area (Å²) in [5, 5.41) is 4.17. The summed E-state index contributed by atoms with van der Waals surface area (Å²) in [4.78, 5) is 12.2. The average Bonchev–Trinajstić information content (AvgIpc) is 3.21. The Kier molecular flexibility index (Phi) is 3.15. The Morgan fingerprint density at radius 3 is 2.65 bits per heavy atom. The monoisotopic (exact) mass is 307 g/mol. The van der Waals surface area contributed by atoms with Gasteiger partial charge in [0.1, 0.15) is 18.0 Å². The van der Waals surface area contributed by atoms with Gasteiger partial charge in [0.05, 0.1) is 11.4 Å². The van der Waals surface area contributed by atoms with E-state index in [-0.39, 0.29) is 5.82 Å². The minimum Gasteiger partial charge on any atom is -0.341 e. The van der Waals surface area contributed by atoms with E-state index in [9.17, 15) is 4.39 Å². The molecule has 0 saturated heterocycles. The van der Waals surface area contributed by atoms with Gasteiger partial charge >= 0.3 is 0 Å². The van der Waals surface area contributed by atoms with E-state index in [1.165, 1.54) is 18.5 Å². The van der Waals surface area contributed by atoms with Crippen LogP contribution in [0, 0.1) is 5.82 Å². The van der Waals surface area contributed by atoms with Gasteiger partial charge in [-0.1, -0.05) is 6.92 Å². The van der Waals surface area contributed by atoms with E-state index >= 15 is 0 Å². The Hall–Kier alpha value is -3.02. The quantitative estimate of drug-likeness (QED) is 0.630. The van der Waals surface area contributed by atoms with Crippen LogP contribution in [0.2, 0.25) is 0 Å². The smallest absolute Gasteiger partial charge is 0.155 e. The van der Waals surface area contributed by atoms with Gasteiger partial charge in [0, 0.05) is 23.7 Å². The van der Waals surface area contributed by atoms with Crippen molar-refractivity contribution in [2.75, 3.05) is 0 Å². The van der Waals surface area contributed by atoms with Gasteiger partial charge in [0.25, 0.3) is 0 Å². The van der Waals surface area contributed by atoms with Crippen molar-refractivity contribution in [1.82, 2.24) is 24.6 Å². The van der Waals surface area contributed by atoms with Gasteiger partial charge in [0.2, 0.25) is 0 Å². The Bertz CT molecular complexity index is 968. The molecule has 0 saturated carbocycles. The van der Waals surface area contributed by atoms with Crippen molar-refractivity contribution in [3.8, 4) is 22.5 Å². The summed E-state index contributed by atoms with van der Waals surface area (Å²) in [5.74, 6) is 0.628. The van der Waals surface area contributed by atoms with Crippen molar-refractivity contribution in [3.05, 3.63) is 60.6 Å². The highest BCUT2D eigenvalue weighted by Crippen LogP contribution is 2.30. The first-order valence-electron chi connectivity index (χ1n) is 7.39. The standard InChI is InChI=1S/C17H14FN5/c1-2-14-21-16(11-3-6-13(18)7-4-11)17(22-14)12-5-8-15-19-10-20-23(15)9-12/h3-10H,2H2,1H3,(H,21,22). The number of aromatic amines is 1. The van der Waals surface area contributed by atoms with Crippen LogP contribution in [0.25, 0.3) is 28.2 Å². The molecule has 0 fully saturated rings. The number of pyridine rings is 1. The Morgan fingerprint density at radius 1 is 1.09 bits per heavy atom. The predicted molar refractivity (Wildman–Crippen MR) is 85.3 cm³/mol. The van der Waals surface area contributed by atoms with Crippen LogP contribution >= 0.6 is 0 Å². The molecule has 3 heterocycles. The van der Waals surface area contributed by atoms with Gasteiger partial charge in [-0.2, -0.15) is 5.10 Å². The van der Waals surface area contributed by atoms with Gasteiger partial charge in [0.15, 0.2) is 5.65 Å². The van der Waals surface area contributed by atoms with Gasteiger partial charge in [-0.25, -0.2) is 18.9 Å². The molecule has 23 heavy (non-hydrogen) atoms. The molecule has 5 nitrogen and oxygen atoms in total. The number of benzene rings is 1. The fourth-order valence-electron chi connectivity index (χ4n) is 2.58. The lowest BCUT2D eigenvalue weighted by atomic mass is 10.1. The highest BCUT2D eigenvalue weighted by atomic mass is 19.1. The molecular formula is C17H14FN5. The lowest BCUT2D eigenvalue weighted by Crippen LogP contribution is -1.90. The molecule has 0 unspecified atom stereocenters. The topological polar surface area (TPSA) is 58.9 Å². The third-order valence-electron chi connectivity index (χ3n) is 3.77. The SMILES string of the molecule is CCc1nc(-c2ccc(F)cc2)c(-c2ccc3ncnn3c2)[nH]1. The molecule has 114 valence electrons. The average molecular weight is 307 g/mol. The number of aromatic nitrogens is 5. The third kappa shape index (κ3) is 2.38. The molecule has 4 rings (SSSR count). The fraction of sp³-hybridized carbons (Fsp3) is 0.118. The molecule has 1 N–H and O–H groups in total. The molecule has 0 aliphatic heterocycles. The van der Waals surface area contributed by atoms with E-state index in [1.54, 1.807) is 16.6 Å². The number of hydrogen-bond acceptors (Lipinski definition) is 3. The van der Waals surface area contributed by atoms with Gasteiger partial charge in [-0.3, -0.25) is 0 Å². The molecule has 0 bridgehead atoms. The number of fused-ring (bicyclic) bond motifs is 1. The summed E-state index contributed by atoms with van der Waals surface area (Å²) < 4.78 is 14.9. The summed E-state index contributed by atoms with van der Waals surface area (Å²) in [7, 11) is 0. The summed E-state index contributed by atoms with van der Waals surface area (Å²) >= 11 is 0. The van der Waals surface area contributed by atoms with Crippen molar-refractivity contribution in [3.63, 3.8) is 0 Å². The van der Waals surface area contributed by atoms with Crippen LogP contribution in [0.1, 0.15) is 12.7 Å². The van der Waals surface area contributed by atoms with Crippen LogP contribution in [-0.4, -0.2) is 24.6 Å². The zero-order chi connectivity index (χ0) is 15.8. The number of rotatable bonds is 3. The largest absolute Gasteiger partial charge is 0.341 e. The molecule has 0 aliphatic carbocycles. The van der Waals surface area contributed by atoms with Crippen LogP contribution in [0.5, 0.6) is 0 Å². The van der Waals surface area contributed by atoms with Gasteiger partial charge in [-0.15, -0.1) is 0 Å². The number of H-pyrrole nitrogens is 1. The molecule has 0 radical (unpaired) electrons. The summed E-state index contributed by atoms with van der Waals surface area (Å²) in [6.45, 7) is 2.04. The van der Waals surface area contributed by atoms with E-state index in [4.69, 9.17) is 0 Å². The molecule has 0 amide bonds. The third-order valence-corrected chi connectivity index (χ3v) is 3.77. The summed E-state index contributed by atoms with van der Waals surface area (Å²) in [6.07, 6.45) is 4.21. The first-order chi connectivity index (χ1) is 11.2. The molecule has 6 heteroatoms. The van der Waals surface area contributed by atoms with E-state index < -0.39 is 0 Å². The molecule has 0 atom stereocenters. The normalized spacial score (nSPS) is 11.2. The van der Waals surface area contributed by atoms with Crippen molar-refractivity contribution >= 4 is 5.65 Å². The molecular weight excluding hydrogens is 293 g/mol. The Labute approximate surface area is 131 Å². The fourth-order valence-corrected chi connectivity index (χ4v) is 2.58. The highest BCUT2D eigenvalue weighted by Gasteiger charge is 2.14. The maximum Gasteiger partial charge on any atom is 0.155 e. The molecule has 0 aliphatic rings. The number of imidazole rings is 1. The predicted octanol–water partition coefficient (Wildman–Crippen LogP) is 3.49. The molecule has 4 aromatic rings. The second-order valence-electron chi connectivity index (χ2n) is 5.25. The van der Waals surface area contributed by atoms with E-state index in [2.05, 4.69) is 20.1 Å². The minimum absolute atomic E-state index is 0.259. The zero-order valence-corrected chi connectivity index (χ0v) is 12.5. The van der Waals surface area contributed by atoms with Crippen LogP contribution in [0.15, 0.2) is 48.9 Å². The number of hydrogen-bond donors (Lipinski definition) is 1. The van der Waals surface area contributed by atoms with Crippen LogP contribution in [0.4, 0.5) is 4.39 Å².